The number of rotatable bonds is 14. The molecule has 0 bridgehead atoms. The first-order valence-corrected chi connectivity index (χ1v) is 15.7. The molecular weight excluding hydrogens is 610 g/mol. The molecule has 13 heteroatoms. The minimum atomic E-state index is -2.26. The maximum absolute atomic E-state index is 11.9. The topological polar surface area (TPSA) is 203 Å². The molecule has 2 aromatic carbocycles. The molecule has 0 saturated carbocycles. The van der Waals surface area contributed by atoms with Crippen molar-refractivity contribution in [2.24, 2.45) is 16.8 Å². The highest BCUT2D eigenvalue weighted by Crippen LogP contribution is 2.39. The summed E-state index contributed by atoms with van der Waals surface area (Å²) in [4.78, 5) is 16.2. The largest absolute Gasteiger partial charge is 0.508 e. The lowest BCUT2D eigenvalue weighted by molar-refractivity contribution is -0.311. The standard InChI is InChI=1S/C34H43N3O10/c1-19(9-11-35-2)22(13-20-10-12-36-15-20)16-37-18-34(44)31(41)29(40)30(32(42)43)47-33(34)46-24-7-8-25-27(14-24)45-17-26(28(25)39)21-3-5-23(38)6-4-21/h3-8,10,14-15,19,22,29-31,33,35,37-41,44H,9,11-13,16-18H2,1-2H3,(H,42,43)/t19-,22-,29+,30-,31-,33+,34+/m0/s1. The van der Waals surface area contributed by atoms with Gasteiger partial charge < -0.3 is 55.5 Å². The summed E-state index contributed by atoms with van der Waals surface area (Å²) < 4.78 is 17.5. The fraction of sp³-hybridized carbons (Fsp3) is 0.471. The molecule has 3 aliphatic heterocycles. The number of benzene rings is 2. The number of aliphatic imine (C=N–C) groups is 1. The Morgan fingerprint density at radius 1 is 1.17 bits per heavy atom. The molecule has 8 N–H and O–H groups in total. The van der Waals surface area contributed by atoms with Crippen LogP contribution in [0.15, 0.2) is 59.1 Å². The predicted molar refractivity (Wildman–Crippen MR) is 174 cm³/mol. The highest BCUT2D eigenvalue weighted by Gasteiger charge is 2.58. The number of nitrogens with one attached hydrogen (secondary N) is 2. The van der Waals surface area contributed by atoms with Crippen molar-refractivity contribution in [3.8, 4) is 17.2 Å². The Morgan fingerprint density at radius 2 is 1.94 bits per heavy atom. The molecule has 0 radical (unpaired) electrons. The second-order valence-electron chi connectivity index (χ2n) is 12.3. The number of aliphatic hydroxyl groups excluding tert-OH is 3. The van der Waals surface area contributed by atoms with Crippen molar-refractivity contribution in [3.05, 3.63) is 65.2 Å². The lowest BCUT2D eigenvalue weighted by Gasteiger charge is -2.47. The summed E-state index contributed by atoms with van der Waals surface area (Å²) in [5.41, 5.74) is 0.410. The van der Waals surface area contributed by atoms with E-state index in [0.717, 1.165) is 25.0 Å². The molecule has 0 spiro atoms. The Morgan fingerprint density at radius 3 is 2.62 bits per heavy atom. The Balaban J connectivity index is 1.35. The Hall–Kier alpha value is -3.98. The smallest absolute Gasteiger partial charge is 0.335 e. The van der Waals surface area contributed by atoms with Crippen LogP contribution in [0.5, 0.6) is 17.2 Å². The van der Waals surface area contributed by atoms with E-state index in [0.29, 0.717) is 29.8 Å². The van der Waals surface area contributed by atoms with Gasteiger partial charge in [0.25, 0.3) is 0 Å². The van der Waals surface area contributed by atoms with Gasteiger partial charge in [0.2, 0.25) is 6.29 Å². The van der Waals surface area contributed by atoms with Crippen molar-refractivity contribution in [1.29, 1.82) is 0 Å². The molecule has 0 aromatic heterocycles. The first-order valence-electron chi connectivity index (χ1n) is 15.7. The van der Waals surface area contributed by atoms with Gasteiger partial charge in [0, 0.05) is 24.4 Å². The first-order chi connectivity index (χ1) is 22.5. The molecular formula is C34H43N3O10. The predicted octanol–water partition coefficient (Wildman–Crippen LogP) is 1.70. The maximum Gasteiger partial charge on any atom is 0.335 e. The average Bonchev–Trinajstić information content (AvgIpc) is 3.57. The molecule has 5 rings (SSSR count). The molecule has 3 heterocycles. The van der Waals surface area contributed by atoms with E-state index in [2.05, 4.69) is 28.6 Å². The van der Waals surface area contributed by atoms with Crippen molar-refractivity contribution in [1.82, 2.24) is 10.6 Å². The number of phenols is 1. The fourth-order valence-electron chi connectivity index (χ4n) is 6.10. The van der Waals surface area contributed by atoms with Gasteiger partial charge in [-0.2, -0.15) is 0 Å². The summed E-state index contributed by atoms with van der Waals surface area (Å²) in [6.45, 7) is 3.80. The second-order valence-corrected chi connectivity index (χ2v) is 12.3. The summed E-state index contributed by atoms with van der Waals surface area (Å²) in [7, 11) is 1.89. The quantitative estimate of drug-likeness (QED) is 0.147. The number of carbonyl (C=O) groups is 1. The number of carboxylic acid groups (broad SMARTS) is 1. The molecule has 13 nitrogen and oxygen atoms in total. The molecule has 0 unspecified atom stereocenters. The molecule has 254 valence electrons. The summed E-state index contributed by atoms with van der Waals surface area (Å²) in [5.74, 6) is -0.671. The minimum Gasteiger partial charge on any atom is -0.508 e. The fourth-order valence-corrected chi connectivity index (χ4v) is 6.10. The summed E-state index contributed by atoms with van der Waals surface area (Å²) in [6, 6.07) is 10.8. The number of nitrogens with zero attached hydrogens (tertiary/aromatic N) is 1. The van der Waals surface area contributed by atoms with Gasteiger partial charge in [-0.15, -0.1) is 0 Å². The van der Waals surface area contributed by atoms with Crippen LogP contribution in [0.4, 0.5) is 0 Å². The Labute approximate surface area is 272 Å². The van der Waals surface area contributed by atoms with Crippen LogP contribution < -0.4 is 20.1 Å². The summed E-state index contributed by atoms with van der Waals surface area (Å²) >= 11 is 0. The molecule has 7 atom stereocenters. The third-order valence-electron chi connectivity index (χ3n) is 9.08. The van der Waals surface area contributed by atoms with E-state index >= 15 is 0 Å². The van der Waals surface area contributed by atoms with E-state index in [-0.39, 0.29) is 48.0 Å². The van der Waals surface area contributed by atoms with Crippen LogP contribution >= 0.6 is 0 Å². The minimum absolute atomic E-state index is 0.0174. The van der Waals surface area contributed by atoms with E-state index in [9.17, 15) is 35.4 Å². The normalized spacial score (nSPS) is 26.7. The lowest BCUT2D eigenvalue weighted by atomic mass is 9.84. The van der Waals surface area contributed by atoms with E-state index in [1.807, 2.05) is 13.3 Å². The van der Waals surface area contributed by atoms with Crippen molar-refractivity contribution < 1.29 is 49.6 Å². The number of carboxylic acids is 1. The van der Waals surface area contributed by atoms with Crippen molar-refractivity contribution in [3.63, 3.8) is 0 Å². The van der Waals surface area contributed by atoms with Gasteiger partial charge in [0.1, 0.15) is 41.8 Å². The second kappa shape index (κ2) is 14.8. The van der Waals surface area contributed by atoms with Gasteiger partial charge in [0.05, 0.1) is 12.1 Å². The van der Waals surface area contributed by atoms with Gasteiger partial charge in [-0.1, -0.05) is 25.1 Å². The van der Waals surface area contributed by atoms with Crippen LogP contribution in [-0.2, 0) is 9.53 Å². The zero-order valence-electron chi connectivity index (χ0n) is 26.4. The number of aliphatic carboxylic acids is 1. The highest BCUT2D eigenvalue weighted by molar-refractivity contribution is 5.91. The van der Waals surface area contributed by atoms with Crippen LogP contribution in [0.25, 0.3) is 11.3 Å². The number of aromatic hydroxyl groups is 1. The lowest BCUT2D eigenvalue weighted by Crippen LogP contribution is -2.71. The van der Waals surface area contributed by atoms with Crippen molar-refractivity contribution >= 4 is 23.5 Å². The van der Waals surface area contributed by atoms with Gasteiger partial charge >= 0.3 is 5.97 Å². The maximum atomic E-state index is 11.9. The Kier molecular flexibility index (Phi) is 10.8. The summed E-state index contributed by atoms with van der Waals surface area (Å²) in [6.07, 6.45) is -1.84. The molecule has 2 aromatic rings. The Bertz CT molecular complexity index is 1510. The highest BCUT2D eigenvalue weighted by atomic mass is 16.7. The zero-order chi connectivity index (χ0) is 33.7. The van der Waals surface area contributed by atoms with E-state index in [1.54, 1.807) is 12.1 Å². The van der Waals surface area contributed by atoms with Crippen molar-refractivity contribution in [2.45, 2.75) is 50.0 Å². The average molecular weight is 654 g/mol. The number of hydrogen-bond donors (Lipinski definition) is 8. The molecule has 1 fully saturated rings. The van der Waals surface area contributed by atoms with Gasteiger partial charge in [-0.25, -0.2) is 4.79 Å². The number of aliphatic hydroxyl groups is 4. The van der Waals surface area contributed by atoms with Crippen molar-refractivity contribution in [2.75, 3.05) is 39.8 Å². The third kappa shape index (κ3) is 7.61. The third-order valence-corrected chi connectivity index (χ3v) is 9.08. The van der Waals surface area contributed by atoms with Gasteiger partial charge in [0.15, 0.2) is 11.7 Å². The van der Waals surface area contributed by atoms with Gasteiger partial charge in [-0.05, 0) is 80.2 Å². The number of fused-ring (bicyclic) bond motifs is 1. The number of ether oxygens (including phenoxy) is 3. The van der Waals surface area contributed by atoms with E-state index < -0.39 is 36.2 Å². The van der Waals surface area contributed by atoms with Crippen LogP contribution in [-0.4, -0.2) is 113 Å². The SMILES string of the molecule is CNCC[C@H](C)[C@H](CNC[C@]1(O)[C@H](Oc2ccc3c(c2)OCC(c2ccc(O)cc2)=C3O)O[C@H](C(=O)O)[C@@H](O)[C@@H]1O)CC1=CCN=C1. The van der Waals surface area contributed by atoms with Crippen LogP contribution in [0, 0.1) is 11.8 Å². The molecule has 47 heavy (non-hydrogen) atoms. The number of allylic oxidation sites excluding steroid dienone is 1. The number of phenolic OH excluding ortho intramolecular Hbond substituents is 1. The monoisotopic (exact) mass is 653 g/mol. The van der Waals surface area contributed by atoms with E-state index in [4.69, 9.17) is 14.2 Å². The number of hydrogen-bond acceptors (Lipinski definition) is 12. The molecule has 1 saturated heterocycles. The van der Waals surface area contributed by atoms with Crippen LogP contribution in [0.3, 0.4) is 0 Å². The van der Waals surface area contributed by atoms with Gasteiger partial charge in [-0.3, -0.25) is 4.99 Å². The van der Waals surface area contributed by atoms with Crippen LogP contribution in [0.2, 0.25) is 0 Å². The zero-order valence-corrected chi connectivity index (χ0v) is 26.4. The first kappa shape index (κ1) is 34.4. The molecule has 3 aliphatic rings. The van der Waals surface area contributed by atoms with E-state index in [1.165, 1.54) is 30.3 Å². The molecule has 0 aliphatic carbocycles. The van der Waals surface area contributed by atoms with Crippen LogP contribution in [0.1, 0.15) is 30.9 Å². The summed E-state index contributed by atoms with van der Waals surface area (Å²) in [5, 5.41) is 70.2. The molecule has 0 amide bonds.